The summed E-state index contributed by atoms with van der Waals surface area (Å²) in [5.41, 5.74) is 0.223. The zero-order chi connectivity index (χ0) is 30.6. The topological polar surface area (TPSA) is 154 Å². The van der Waals surface area contributed by atoms with E-state index in [1.807, 2.05) is 12.1 Å². The zero-order valence-electron chi connectivity index (χ0n) is 22.6. The number of fused-ring (bicyclic) bond motifs is 1. The predicted octanol–water partition coefficient (Wildman–Crippen LogP) is 4.83. The number of pyridine rings is 2. The summed E-state index contributed by atoms with van der Waals surface area (Å²) in [5.74, 6) is 0.521. The van der Waals surface area contributed by atoms with Crippen LogP contribution in [0.4, 0.5) is 19.1 Å². The molecule has 3 aromatic heterocycles. The Hall–Kier alpha value is -4.24. The van der Waals surface area contributed by atoms with E-state index in [2.05, 4.69) is 20.4 Å². The summed E-state index contributed by atoms with van der Waals surface area (Å²) in [5, 5.41) is 6.73. The molecule has 0 atom stereocenters. The van der Waals surface area contributed by atoms with Gasteiger partial charge in [-0.25, -0.2) is 0 Å². The largest absolute Gasteiger partial charge is 0.493 e. The van der Waals surface area contributed by atoms with Gasteiger partial charge in [0.1, 0.15) is 11.1 Å². The van der Waals surface area contributed by atoms with Gasteiger partial charge in [0.05, 0.1) is 38.1 Å². The highest BCUT2D eigenvalue weighted by atomic mass is 32.2. The van der Waals surface area contributed by atoms with E-state index < -0.39 is 27.6 Å². The number of rotatable bonds is 7. The molecule has 11 nitrogen and oxygen atoms in total. The van der Waals surface area contributed by atoms with Crippen LogP contribution in [0.1, 0.15) is 25.1 Å². The second-order valence-corrected chi connectivity index (χ2v) is 10.8. The Balaban J connectivity index is 0.000000850. The van der Waals surface area contributed by atoms with Gasteiger partial charge in [0.2, 0.25) is 11.8 Å². The molecule has 15 heteroatoms. The van der Waals surface area contributed by atoms with Crippen LogP contribution in [0.15, 0.2) is 53.3 Å². The molecule has 4 rings (SSSR count). The molecule has 0 saturated heterocycles. The molecule has 0 unspecified atom stereocenters. The molecule has 4 aromatic rings. The Morgan fingerprint density at radius 2 is 1.66 bits per heavy atom. The number of alkyl halides is 3. The van der Waals surface area contributed by atoms with Crippen LogP contribution in [0.3, 0.4) is 0 Å². The second kappa shape index (κ2) is 12.1. The van der Waals surface area contributed by atoms with Gasteiger partial charge >= 0.3 is 6.18 Å². The average Bonchev–Trinajstić information content (AvgIpc) is 3.35. The maximum absolute atomic E-state index is 13.2. The number of hydrogen-bond acceptors (Lipinski definition) is 9. The van der Waals surface area contributed by atoms with Crippen molar-refractivity contribution in [1.29, 1.82) is 0 Å². The molecule has 0 saturated carbocycles. The molecule has 0 radical (unpaired) electrons. The first-order valence-electron chi connectivity index (χ1n) is 11.7. The third-order valence-corrected chi connectivity index (χ3v) is 5.79. The second-order valence-electron chi connectivity index (χ2n) is 9.33. The van der Waals surface area contributed by atoms with Crippen LogP contribution in [0.2, 0.25) is 0 Å². The number of carbonyl (C=O) groups is 1. The first-order chi connectivity index (χ1) is 19.0. The van der Waals surface area contributed by atoms with E-state index in [-0.39, 0.29) is 18.0 Å². The molecule has 0 spiro atoms. The van der Waals surface area contributed by atoms with Crippen molar-refractivity contribution in [3.05, 3.63) is 60.0 Å². The van der Waals surface area contributed by atoms with Gasteiger partial charge in [-0.1, -0.05) is 11.2 Å². The van der Waals surface area contributed by atoms with Crippen LogP contribution in [0, 0.1) is 0 Å². The molecular weight excluding hydrogens is 569 g/mol. The lowest BCUT2D eigenvalue weighted by Gasteiger charge is -2.24. The van der Waals surface area contributed by atoms with Crippen LogP contribution in [-0.4, -0.2) is 60.7 Å². The van der Waals surface area contributed by atoms with Gasteiger partial charge in [-0.15, -0.1) is 0 Å². The smallest absolute Gasteiger partial charge is 0.399 e. The Labute approximate surface area is 233 Å². The number of nitrogens with zero attached hydrogens (tertiary/aromatic N) is 3. The lowest BCUT2D eigenvalue weighted by molar-refractivity contribution is -0.181. The minimum Gasteiger partial charge on any atom is -0.493 e. The molecule has 220 valence electrons. The number of ether oxygens (including phenoxy) is 2. The number of methoxy groups -OCH3 is 2. The fourth-order valence-corrected chi connectivity index (χ4v) is 3.44. The normalized spacial score (nSPS) is 11.9. The van der Waals surface area contributed by atoms with Crippen LogP contribution in [-0.2, 0) is 26.7 Å². The maximum atomic E-state index is 13.2. The summed E-state index contributed by atoms with van der Waals surface area (Å²) in [6.07, 6.45) is -0.622. The fraction of sp³-hybridized carbons (Fsp3) is 0.308. The quantitative estimate of drug-likeness (QED) is 0.284. The van der Waals surface area contributed by atoms with E-state index >= 15 is 0 Å². The molecule has 1 amide bonds. The number of benzene rings is 1. The standard InChI is InChI=1S/C25H23F3N4O4.CH4O3S/c1-24(2,25(26,27)28)21-11-23(36-32-21)31-22(33)7-14-5-6-17(29-12-14)16-8-15-9-19(34-3)20(35-4)10-18(15)30-13-16;1-5(2,3)4/h5-6,8-13H,7H2,1-4H3,(H,31,33);1H3,(H,2,3,4). The van der Waals surface area contributed by atoms with Gasteiger partial charge < -0.3 is 14.0 Å². The highest BCUT2D eigenvalue weighted by Crippen LogP contribution is 2.40. The van der Waals surface area contributed by atoms with Gasteiger partial charge in [0, 0.05) is 35.5 Å². The van der Waals surface area contributed by atoms with E-state index in [1.54, 1.807) is 44.8 Å². The minimum atomic E-state index is -4.52. The van der Waals surface area contributed by atoms with Crippen molar-refractivity contribution in [3.8, 4) is 22.8 Å². The van der Waals surface area contributed by atoms with Crippen molar-refractivity contribution in [2.45, 2.75) is 31.9 Å². The number of anilines is 1. The summed E-state index contributed by atoms with van der Waals surface area (Å²) < 4.78 is 81.0. The van der Waals surface area contributed by atoms with Gasteiger partial charge in [-0.05, 0) is 37.6 Å². The lowest BCUT2D eigenvalue weighted by Crippen LogP contribution is -2.36. The molecule has 0 aliphatic rings. The monoisotopic (exact) mass is 596 g/mol. The van der Waals surface area contributed by atoms with Crippen LogP contribution in [0.5, 0.6) is 11.5 Å². The maximum Gasteiger partial charge on any atom is 0.399 e. The number of hydrogen-bond donors (Lipinski definition) is 2. The Kier molecular flexibility index (Phi) is 9.23. The molecule has 0 fully saturated rings. The molecule has 2 N–H and O–H groups in total. The Morgan fingerprint density at radius 3 is 2.22 bits per heavy atom. The Morgan fingerprint density at radius 1 is 1.02 bits per heavy atom. The summed E-state index contributed by atoms with van der Waals surface area (Å²) in [6, 6.07) is 10.1. The number of amides is 1. The highest BCUT2D eigenvalue weighted by Gasteiger charge is 2.50. The molecule has 0 aliphatic carbocycles. The van der Waals surface area contributed by atoms with Crippen molar-refractivity contribution < 1.29 is 44.9 Å². The van der Waals surface area contributed by atoms with Crippen LogP contribution in [0.25, 0.3) is 22.2 Å². The third kappa shape index (κ3) is 8.14. The van der Waals surface area contributed by atoms with Crippen molar-refractivity contribution in [2.75, 3.05) is 25.8 Å². The molecule has 0 bridgehead atoms. The summed E-state index contributed by atoms with van der Waals surface area (Å²) in [7, 11) is -0.552. The lowest BCUT2D eigenvalue weighted by atomic mass is 9.89. The number of nitrogens with one attached hydrogen (secondary N) is 1. The Bertz CT molecular complexity index is 1630. The van der Waals surface area contributed by atoms with E-state index in [0.29, 0.717) is 29.0 Å². The van der Waals surface area contributed by atoms with Gasteiger partial charge in [0.25, 0.3) is 10.1 Å². The van der Waals surface area contributed by atoms with Gasteiger partial charge in [-0.2, -0.15) is 21.6 Å². The number of carbonyl (C=O) groups excluding carboxylic acids is 1. The summed E-state index contributed by atoms with van der Waals surface area (Å²) >= 11 is 0. The average molecular weight is 597 g/mol. The van der Waals surface area contributed by atoms with E-state index in [4.69, 9.17) is 18.5 Å². The first kappa shape index (κ1) is 31.3. The van der Waals surface area contributed by atoms with Crippen molar-refractivity contribution in [2.24, 2.45) is 0 Å². The van der Waals surface area contributed by atoms with Crippen molar-refractivity contribution in [1.82, 2.24) is 15.1 Å². The van der Waals surface area contributed by atoms with Crippen molar-refractivity contribution >= 4 is 32.8 Å². The number of aromatic nitrogens is 3. The predicted molar refractivity (Wildman–Crippen MR) is 143 cm³/mol. The molecule has 41 heavy (non-hydrogen) atoms. The van der Waals surface area contributed by atoms with Gasteiger partial charge in [-0.3, -0.25) is 24.6 Å². The highest BCUT2D eigenvalue weighted by molar-refractivity contribution is 7.85. The number of halogens is 3. The summed E-state index contributed by atoms with van der Waals surface area (Å²) in [6.45, 7) is 1.98. The van der Waals surface area contributed by atoms with E-state index in [1.165, 1.54) is 0 Å². The molecule has 1 aromatic carbocycles. The van der Waals surface area contributed by atoms with E-state index in [0.717, 1.165) is 36.4 Å². The van der Waals surface area contributed by atoms with Gasteiger partial charge in [0.15, 0.2) is 11.5 Å². The van der Waals surface area contributed by atoms with Crippen molar-refractivity contribution in [3.63, 3.8) is 0 Å². The molecule has 3 heterocycles. The third-order valence-electron chi connectivity index (χ3n) is 5.79. The summed E-state index contributed by atoms with van der Waals surface area (Å²) in [4.78, 5) is 21.3. The molecular formula is C26H27F3N4O7S. The molecule has 0 aliphatic heterocycles. The fourth-order valence-electron chi connectivity index (χ4n) is 3.44. The SMILES string of the molecule is COc1cc2cc(-c3ccc(CC(=O)Nc4cc(C(C)(C)C(F)(F)F)no4)cn3)cnc2cc1OC.CS(=O)(=O)O. The van der Waals surface area contributed by atoms with Crippen LogP contribution >= 0.6 is 0 Å². The minimum absolute atomic E-state index is 0.0566. The zero-order valence-corrected chi connectivity index (χ0v) is 23.4. The first-order valence-corrected chi connectivity index (χ1v) is 13.6. The van der Waals surface area contributed by atoms with Crippen LogP contribution < -0.4 is 14.8 Å². The van der Waals surface area contributed by atoms with E-state index in [9.17, 15) is 26.4 Å².